The molecule has 9 heteroatoms. The Hall–Kier alpha value is -1.87. The Labute approximate surface area is 152 Å². The second-order valence-electron chi connectivity index (χ2n) is 6.96. The third kappa shape index (κ3) is 3.64. The highest BCUT2D eigenvalue weighted by molar-refractivity contribution is 7.86. The van der Waals surface area contributed by atoms with Crippen molar-refractivity contribution in [3.63, 3.8) is 0 Å². The van der Waals surface area contributed by atoms with E-state index in [1.165, 1.54) is 11.0 Å². The number of rotatable bonds is 4. The van der Waals surface area contributed by atoms with E-state index in [0.29, 0.717) is 12.0 Å². The van der Waals surface area contributed by atoms with Gasteiger partial charge in [0.25, 0.3) is 16.0 Å². The molecule has 1 fully saturated rings. The first-order valence-electron chi connectivity index (χ1n) is 8.38. The lowest BCUT2D eigenvalue weighted by Crippen LogP contribution is -2.37. The highest BCUT2D eigenvalue weighted by Crippen LogP contribution is 2.39. The second kappa shape index (κ2) is 6.70. The zero-order valence-electron chi connectivity index (χ0n) is 15.1. The standard InChI is InChI=1S/C17H22FNO6S/c1-9(2)24-16-14-13(5-10(3)15(16)18)23-8-11-6-12(25-26(4,21)22)7-19(11)17(14)20/h5,9,11-12H,6-8H2,1-4H3/t11-,12-/m1/s1. The van der Waals surface area contributed by atoms with Gasteiger partial charge in [0.1, 0.15) is 17.9 Å². The van der Waals surface area contributed by atoms with Gasteiger partial charge in [-0.3, -0.25) is 8.98 Å². The van der Waals surface area contributed by atoms with Crippen LogP contribution < -0.4 is 9.47 Å². The van der Waals surface area contributed by atoms with Crippen LogP contribution in [0.4, 0.5) is 4.39 Å². The van der Waals surface area contributed by atoms with Gasteiger partial charge in [0.05, 0.1) is 24.5 Å². The minimum absolute atomic E-state index is 0.0318. The van der Waals surface area contributed by atoms with Crippen molar-refractivity contribution < 1.29 is 31.3 Å². The summed E-state index contributed by atoms with van der Waals surface area (Å²) in [6.45, 7) is 5.33. The zero-order valence-corrected chi connectivity index (χ0v) is 15.9. The largest absolute Gasteiger partial charge is 0.490 e. The monoisotopic (exact) mass is 387 g/mol. The van der Waals surface area contributed by atoms with Gasteiger partial charge in [-0.25, -0.2) is 4.39 Å². The van der Waals surface area contributed by atoms with Gasteiger partial charge in [-0.1, -0.05) is 0 Å². The van der Waals surface area contributed by atoms with E-state index < -0.39 is 27.9 Å². The van der Waals surface area contributed by atoms with Crippen LogP contribution in [0.2, 0.25) is 0 Å². The van der Waals surface area contributed by atoms with Gasteiger partial charge in [-0.05, 0) is 32.4 Å². The number of aryl methyl sites for hydroxylation is 1. The highest BCUT2D eigenvalue weighted by atomic mass is 32.2. The molecule has 7 nitrogen and oxygen atoms in total. The zero-order chi connectivity index (χ0) is 19.2. The lowest BCUT2D eigenvalue weighted by molar-refractivity contribution is 0.0709. The van der Waals surface area contributed by atoms with E-state index in [1.54, 1.807) is 20.8 Å². The fourth-order valence-corrected chi connectivity index (χ4v) is 3.96. The Bertz CT molecular complexity index is 838. The minimum Gasteiger partial charge on any atom is -0.490 e. The summed E-state index contributed by atoms with van der Waals surface area (Å²) in [4.78, 5) is 14.6. The molecule has 0 spiro atoms. The Morgan fingerprint density at radius 2 is 2.08 bits per heavy atom. The van der Waals surface area contributed by atoms with E-state index >= 15 is 0 Å². The van der Waals surface area contributed by atoms with Gasteiger partial charge in [0.15, 0.2) is 11.6 Å². The summed E-state index contributed by atoms with van der Waals surface area (Å²) < 4.78 is 53.7. The topological polar surface area (TPSA) is 82.1 Å². The maximum atomic E-state index is 14.6. The molecule has 0 N–H and O–H groups in total. The molecule has 1 saturated heterocycles. The van der Waals surface area contributed by atoms with E-state index in [-0.39, 0.29) is 42.4 Å². The van der Waals surface area contributed by atoms with Gasteiger partial charge >= 0.3 is 0 Å². The molecule has 2 heterocycles. The van der Waals surface area contributed by atoms with Crippen molar-refractivity contribution in [3.8, 4) is 11.5 Å². The molecular weight excluding hydrogens is 365 g/mol. The van der Waals surface area contributed by atoms with Gasteiger partial charge in [-0.2, -0.15) is 8.42 Å². The first kappa shape index (κ1) is 18.9. The van der Waals surface area contributed by atoms with Crippen LogP contribution in [0.3, 0.4) is 0 Å². The van der Waals surface area contributed by atoms with E-state index in [9.17, 15) is 17.6 Å². The summed E-state index contributed by atoms with van der Waals surface area (Å²) in [5.41, 5.74) is 0.358. The normalized spacial score (nSPS) is 22.7. The van der Waals surface area contributed by atoms with E-state index in [4.69, 9.17) is 13.7 Å². The van der Waals surface area contributed by atoms with Gasteiger partial charge in [0, 0.05) is 13.0 Å². The molecule has 1 aromatic rings. The third-order valence-corrected chi connectivity index (χ3v) is 4.93. The molecule has 0 saturated carbocycles. The number of carbonyl (C=O) groups is 1. The fourth-order valence-electron chi connectivity index (χ4n) is 3.32. The molecule has 3 rings (SSSR count). The molecule has 1 aromatic carbocycles. The molecule has 1 amide bonds. The summed E-state index contributed by atoms with van der Waals surface area (Å²) >= 11 is 0. The average molecular weight is 387 g/mol. The van der Waals surface area contributed by atoms with Crippen molar-refractivity contribution in [1.29, 1.82) is 0 Å². The quantitative estimate of drug-likeness (QED) is 0.734. The fraction of sp³-hybridized carbons (Fsp3) is 0.588. The summed E-state index contributed by atoms with van der Waals surface area (Å²) in [5.74, 6) is -0.903. The molecule has 0 radical (unpaired) electrons. The van der Waals surface area contributed by atoms with Crippen LogP contribution in [-0.2, 0) is 14.3 Å². The SMILES string of the molecule is Cc1cc2c(c(OC(C)C)c1F)C(=O)N1C[C@H](OS(C)(=O)=O)C[C@@H]1CO2. The molecule has 0 aliphatic carbocycles. The number of halogens is 1. The number of nitrogens with zero attached hydrogens (tertiary/aromatic N) is 1. The smallest absolute Gasteiger partial charge is 0.264 e. The van der Waals surface area contributed by atoms with Crippen molar-refractivity contribution in [1.82, 2.24) is 4.90 Å². The van der Waals surface area contributed by atoms with Crippen molar-refractivity contribution in [2.45, 2.75) is 45.4 Å². The van der Waals surface area contributed by atoms with E-state index in [2.05, 4.69) is 0 Å². The van der Waals surface area contributed by atoms with Crippen molar-refractivity contribution in [3.05, 3.63) is 23.0 Å². The van der Waals surface area contributed by atoms with Crippen LogP contribution in [0.5, 0.6) is 11.5 Å². The molecule has 0 bridgehead atoms. The van der Waals surface area contributed by atoms with Crippen molar-refractivity contribution >= 4 is 16.0 Å². The molecule has 26 heavy (non-hydrogen) atoms. The summed E-state index contributed by atoms with van der Waals surface area (Å²) in [6.07, 6.45) is 0.321. The summed E-state index contributed by atoms with van der Waals surface area (Å²) in [6, 6.07) is 1.14. The lowest BCUT2D eigenvalue weighted by atomic mass is 10.1. The van der Waals surface area contributed by atoms with Crippen LogP contribution in [-0.4, -0.2) is 56.9 Å². The maximum Gasteiger partial charge on any atom is 0.264 e. The Balaban J connectivity index is 1.99. The molecule has 2 aliphatic heterocycles. The van der Waals surface area contributed by atoms with Crippen LogP contribution in [0.25, 0.3) is 0 Å². The van der Waals surface area contributed by atoms with Gasteiger partial charge in [0.2, 0.25) is 0 Å². The van der Waals surface area contributed by atoms with Gasteiger partial charge < -0.3 is 14.4 Å². The maximum absolute atomic E-state index is 14.6. The molecule has 144 valence electrons. The van der Waals surface area contributed by atoms with E-state index in [0.717, 1.165) is 6.26 Å². The first-order valence-corrected chi connectivity index (χ1v) is 10.2. The predicted molar refractivity (Wildman–Crippen MR) is 91.6 cm³/mol. The first-order chi connectivity index (χ1) is 12.1. The number of benzene rings is 1. The number of fused-ring (bicyclic) bond motifs is 2. The number of amides is 1. The van der Waals surface area contributed by atoms with Crippen LogP contribution in [0.15, 0.2) is 6.07 Å². The summed E-state index contributed by atoms with van der Waals surface area (Å²) in [7, 11) is -3.64. The molecule has 2 aliphatic rings. The Morgan fingerprint density at radius 1 is 1.38 bits per heavy atom. The Kier molecular flexibility index (Phi) is 4.87. The van der Waals surface area contributed by atoms with Crippen LogP contribution in [0.1, 0.15) is 36.2 Å². The van der Waals surface area contributed by atoms with Crippen molar-refractivity contribution in [2.24, 2.45) is 0 Å². The predicted octanol–water partition coefficient (Wildman–Crippen LogP) is 1.87. The van der Waals surface area contributed by atoms with Crippen LogP contribution >= 0.6 is 0 Å². The molecule has 2 atom stereocenters. The number of carbonyl (C=O) groups excluding carboxylic acids is 1. The summed E-state index contributed by atoms with van der Waals surface area (Å²) in [5, 5.41) is 0. The average Bonchev–Trinajstić information content (AvgIpc) is 2.84. The highest BCUT2D eigenvalue weighted by Gasteiger charge is 2.42. The molecule has 0 unspecified atom stereocenters. The number of hydrogen-bond acceptors (Lipinski definition) is 6. The molecular formula is C17H22FNO6S. The lowest BCUT2D eigenvalue weighted by Gasteiger charge is -2.22. The molecule has 0 aromatic heterocycles. The third-order valence-electron chi connectivity index (χ3n) is 4.31. The second-order valence-corrected chi connectivity index (χ2v) is 8.56. The van der Waals surface area contributed by atoms with Gasteiger partial charge in [-0.15, -0.1) is 0 Å². The minimum atomic E-state index is -3.64. The number of hydrogen-bond donors (Lipinski definition) is 0. The Morgan fingerprint density at radius 3 is 2.69 bits per heavy atom. The van der Waals surface area contributed by atoms with E-state index in [1.807, 2.05) is 0 Å². The van der Waals surface area contributed by atoms with Crippen molar-refractivity contribution in [2.75, 3.05) is 19.4 Å². The number of ether oxygens (including phenoxy) is 2. The van der Waals surface area contributed by atoms with Crippen LogP contribution in [0, 0.1) is 12.7 Å².